The van der Waals surface area contributed by atoms with Crippen LogP contribution in [0.3, 0.4) is 0 Å². The normalized spacial score (nSPS) is 10.5. The van der Waals surface area contributed by atoms with Crippen molar-refractivity contribution in [3.8, 4) is 17.0 Å². The van der Waals surface area contributed by atoms with Gasteiger partial charge in [0, 0.05) is 10.9 Å². The number of para-hydroxylation sites is 1. The average Bonchev–Trinajstić information content (AvgIpc) is 3.46. The quantitative estimate of drug-likeness (QED) is 0.403. The van der Waals surface area contributed by atoms with Crippen molar-refractivity contribution < 1.29 is 14.3 Å². The van der Waals surface area contributed by atoms with Crippen LogP contribution in [0.25, 0.3) is 11.3 Å². The molecule has 0 bridgehead atoms. The summed E-state index contributed by atoms with van der Waals surface area (Å²) in [5.74, 6) is -0.617. The van der Waals surface area contributed by atoms with Crippen LogP contribution in [0.1, 0.15) is 31.5 Å². The summed E-state index contributed by atoms with van der Waals surface area (Å²) in [6.07, 6.45) is 0. The monoisotopic (exact) mass is 433 g/mol. The molecule has 31 heavy (non-hydrogen) atoms. The zero-order valence-electron chi connectivity index (χ0n) is 16.6. The van der Waals surface area contributed by atoms with Gasteiger partial charge in [0.15, 0.2) is 0 Å². The highest BCUT2D eigenvalue weighted by Gasteiger charge is 2.16. The number of carbonyl (C=O) groups is 2. The summed E-state index contributed by atoms with van der Waals surface area (Å²) in [6.45, 7) is 2.16. The molecule has 0 unspecified atom stereocenters. The maximum Gasteiger partial charge on any atom is 0.287 e. The summed E-state index contributed by atoms with van der Waals surface area (Å²) in [5, 5.41) is 9.67. The highest BCUT2D eigenvalue weighted by atomic mass is 32.1. The van der Waals surface area contributed by atoms with Gasteiger partial charge in [-0.25, -0.2) is 4.98 Å². The fraction of sp³-hybridized carbons (Fsp3) is 0.0909. The number of benzene rings is 2. The van der Waals surface area contributed by atoms with Crippen LogP contribution in [0.5, 0.6) is 5.75 Å². The van der Waals surface area contributed by atoms with E-state index in [2.05, 4.69) is 26.0 Å². The molecule has 0 spiro atoms. The van der Waals surface area contributed by atoms with Gasteiger partial charge in [0.25, 0.3) is 11.8 Å². The van der Waals surface area contributed by atoms with Gasteiger partial charge < -0.3 is 4.74 Å². The summed E-state index contributed by atoms with van der Waals surface area (Å²) in [7, 11) is 0. The molecule has 0 atom stereocenters. The zero-order chi connectivity index (χ0) is 21.6. The van der Waals surface area contributed by atoms with Crippen molar-refractivity contribution in [2.24, 2.45) is 0 Å². The Kier molecular flexibility index (Phi) is 6.04. The average molecular weight is 433 g/mol. The molecular weight excluding hydrogens is 414 g/mol. The number of hydrogen-bond donors (Lipinski definition) is 3. The lowest BCUT2D eigenvalue weighted by Gasteiger charge is -2.11. The first-order valence-electron chi connectivity index (χ1n) is 9.44. The Balaban J connectivity index is 1.37. The predicted octanol–water partition coefficient (Wildman–Crippen LogP) is 3.50. The van der Waals surface area contributed by atoms with Crippen LogP contribution in [0.2, 0.25) is 0 Å². The number of hydrazine groups is 1. The molecule has 0 aliphatic rings. The lowest BCUT2D eigenvalue weighted by atomic mass is 10.1. The second kappa shape index (κ2) is 9.23. The highest BCUT2D eigenvalue weighted by Crippen LogP contribution is 2.20. The van der Waals surface area contributed by atoms with Gasteiger partial charge in [0.1, 0.15) is 18.1 Å². The van der Waals surface area contributed by atoms with Gasteiger partial charge in [0.05, 0.1) is 22.0 Å². The number of ether oxygens (including phenoxy) is 1. The Labute approximate surface area is 182 Å². The maximum atomic E-state index is 12.6. The molecule has 2 aromatic heterocycles. The first kappa shape index (κ1) is 20.3. The fourth-order valence-electron chi connectivity index (χ4n) is 2.85. The van der Waals surface area contributed by atoms with Crippen LogP contribution in [-0.4, -0.2) is 27.0 Å². The van der Waals surface area contributed by atoms with E-state index in [0.29, 0.717) is 17.0 Å². The molecule has 3 N–H and O–H groups in total. The number of H-pyrrole nitrogens is 1. The molecule has 2 heterocycles. The molecule has 0 saturated carbocycles. The van der Waals surface area contributed by atoms with Crippen molar-refractivity contribution in [2.75, 3.05) is 0 Å². The molecule has 2 amide bonds. The zero-order valence-corrected chi connectivity index (χ0v) is 17.4. The summed E-state index contributed by atoms with van der Waals surface area (Å²) in [5.41, 5.74) is 7.62. The van der Waals surface area contributed by atoms with E-state index in [1.54, 1.807) is 30.3 Å². The summed E-state index contributed by atoms with van der Waals surface area (Å²) < 4.78 is 5.76. The van der Waals surface area contributed by atoms with E-state index in [1.807, 2.05) is 42.6 Å². The SMILES string of the molecule is Cc1nc(COc2ccccc2C(=O)NNC(=O)c2cc(-c3ccccc3)n[nH]2)cs1. The molecule has 2 aromatic carbocycles. The Morgan fingerprint density at radius 3 is 2.55 bits per heavy atom. The first-order valence-corrected chi connectivity index (χ1v) is 10.3. The summed E-state index contributed by atoms with van der Waals surface area (Å²) in [4.78, 5) is 29.3. The third-order valence-electron chi connectivity index (χ3n) is 4.36. The van der Waals surface area contributed by atoms with Crippen LogP contribution in [0.4, 0.5) is 0 Å². The molecule has 0 radical (unpaired) electrons. The van der Waals surface area contributed by atoms with E-state index in [-0.39, 0.29) is 12.3 Å². The van der Waals surface area contributed by atoms with Gasteiger partial charge in [-0.05, 0) is 25.1 Å². The standard InChI is InChI=1S/C22H19N5O3S/c1-14-23-16(13-31-14)12-30-20-10-6-5-9-17(20)21(28)26-27-22(29)19-11-18(24-25-19)15-7-3-2-4-8-15/h2-11,13H,12H2,1H3,(H,24,25)(H,26,28)(H,27,29). The van der Waals surface area contributed by atoms with Crippen molar-refractivity contribution in [2.45, 2.75) is 13.5 Å². The maximum absolute atomic E-state index is 12.6. The molecular formula is C22H19N5O3S. The van der Waals surface area contributed by atoms with Gasteiger partial charge in [-0.2, -0.15) is 5.10 Å². The van der Waals surface area contributed by atoms with Gasteiger partial charge >= 0.3 is 0 Å². The first-order chi connectivity index (χ1) is 15.1. The molecule has 0 fully saturated rings. The Hall–Kier alpha value is -3.98. The van der Waals surface area contributed by atoms with E-state index in [4.69, 9.17) is 4.74 Å². The van der Waals surface area contributed by atoms with Crippen molar-refractivity contribution in [3.05, 3.63) is 88.0 Å². The molecule has 0 aliphatic heterocycles. The summed E-state index contributed by atoms with van der Waals surface area (Å²) >= 11 is 1.53. The van der Waals surface area contributed by atoms with Crippen LogP contribution in [0.15, 0.2) is 66.0 Å². The number of aryl methyl sites for hydroxylation is 1. The minimum atomic E-state index is -0.514. The van der Waals surface area contributed by atoms with Gasteiger partial charge in [-0.3, -0.25) is 25.5 Å². The van der Waals surface area contributed by atoms with Crippen LogP contribution >= 0.6 is 11.3 Å². The Morgan fingerprint density at radius 2 is 1.77 bits per heavy atom. The third kappa shape index (κ3) is 4.96. The van der Waals surface area contributed by atoms with Crippen LogP contribution < -0.4 is 15.6 Å². The van der Waals surface area contributed by atoms with Crippen molar-refractivity contribution >= 4 is 23.2 Å². The lowest BCUT2D eigenvalue weighted by molar-refractivity contribution is 0.0841. The minimum Gasteiger partial charge on any atom is -0.486 e. The number of hydrogen-bond acceptors (Lipinski definition) is 6. The van der Waals surface area contributed by atoms with E-state index in [1.165, 1.54) is 11.3 Å². The Bertz CT molecular complexity index is 1200. The number of nitrogens with zero attached hydrogens (tertiary/aromatic N) is 2. The van der Waals surface area contributed by atoms with Crippen molar-refractivity contribution in [1.82, 2.24) is 26.0 Å². The molecule has 156 valence electrons. The molecule has 4 aromatic rings. The largest absolute Gasteiger partial charge is 0.486 e. The highest BCUT2D eigenvalue weighted by molar-refractivity contribution is 7.09. The van der Waals surface area contributed by atoms with E-state index in [9.17, 15) is 9.59 Å². The van der Waals surface area contributed by atoms with Crippen LogP contribution in [0, 0.1) is 6.92 Å². The minimum absolute atomic E-state index is 0.225. The number of aromatic nitrogens is 3. The van der Waals surface area contributed by atoms with Gasteiger partial charge in [0.2, 0.25) is 0 Å². The molecule has 0 aliphatic carbocycles. The van der Waals surface area contributed by atoms with E-state index >= 15 is 0 Å². The molecule has 8 nitrogen and oxygen atoms in total. The smallest absolute Gasteiger partial charge is 0.287 e. The molecule has 0 saturated heterocycles. The lowest BCUT2D eigenvalue weighted by Crippen LogP contribution is -2.41. The van der Waals surface area contributed by atoms with Gasteiger partial charge in [-0.1, -0.05) is 42.5 Å². The van der Waals surface area contributed by atoms with Gasteiger partial charge in [-0.15, -0.1) is 11.3 Å². The number of aromatic amines is 1. The number of amides is 2. The number of thiazole rings is 1. The Morgan fingerprint density at radius 1 is 1.03 bits per heavy atom. The third-order valence-corrected chi connectivity index (χ3v) is 5.18. The topological polar surface area (TPSA) is 109 Å². The number of rotatable bonds is 6. The second-order valence-electron chi connectivity index (χ2n) is 6.58. The van der Waals surface area contributed by atoms with E-state index < -0.39 is 11.8 Å². The second-order valence-corrected chi connectivity index (χ2v) is 7.65. The summed E-state index contributed by atoms with van der Waals surface area (Å²) in [6, 6.07) is 17.9. The van der Waals surface area contributed by atoms with Crippen molar-refractivity contribution in [3.63, 3.8) is 0 Å². The van der Waals surface area contributed by atoms with E-state index in [0.717, 1.165) is 16.3 Å². The number of carbonyl (C=O) groups excluding carboxylic acids is 2. The molecule has 4 rings (SSSR count). The fourth-order valence-corrected chi connectivity index (χ4v) is 3.45. The number of nitrogens with one attached hydrogen (secondary N) is 3. The van der Waals surface area contributed by atoms with Crippen LogP contribution in [-0.2, 0) is 6.61 Å². The molecule has 9 heteroatoms. The predicted molar refractivity (Wildman–Crippen MR) is 117 cm³/mol. The van der Waals surface area contributed by atoms with Crippen molar-refractivity contribution in [1.29, 1.82) is 0 Å².